The Morgan fingerprint density at radius 3 is 2.56 bits per heavy atom. The minimum absolute atomic E-state index is 0.155. The van der Waals surface area contributed by atoms with Crippen LogP contribution in [-0.4, -0.2) is 18.5 Å². The predicted octanol–water partition coefficient (Wildman–Crippen LogP) is 4.81. The molecule has 0 saturated carbocycles. The zero-order valence-corrected chi connectivity index (χ0v) is 15.8. The standard InChI is InChI=1S/C19H20BrNO4/c1-3-11-24-16-10-9-13(20)12-14(16)19(23)25-17-8-6-5-7-15(17)21-18(22)4-2/h5-10,12H,3-4,11H2,1-2H3,(H,21,22). The summed E-state index contributed by atoms with van der Waals surface area (Å²) in [5, 5.41) is 2.72. The Kier molecular flexibility index (Phi) is 7.01. The molecule has 0 atom stereocenters. The lowest BCUT2D eigenvalue weighted by atomic mass is 10.2. The number of carbonyl (C=O) groups is 2. The van der Waals surface area contributed by atoms with Crippen LogP contribution in [0.25, 0.3) is 0 Å². The summed E-state index contributed by atoms with van der Waals surface area (Å²) in [6.07, 6.45) is 1.17. The Balaban J connectivity index is 2.25. The van der Waals surface area contributed by atoms with Crippen molar-refractivity contribution in [2.45, 2.75) is 26.7 Å². The van der Waals surface area contributed by atoms with Gasteiger partial charge in [0.25, 0.3) is 0 Å². The summed E-state index contributed by atoms with van der Waals surface area (Å²) in [6.45, 7) is 4.25. The van der Waals surface area contributed by atoms with Gasteiger partial charge in [0.1, 0.15) is 11.3 Å². The number of esters is 1. The fourth-order valence-corrected chi connectivity index (χ4v) is 2.41. The summed E-state index contributed by atoms with van der Waals surface area (Å²) in [5.74, 6) is 0.0457. The van der Waals surface area contributed by atoms with E-state index in [1.807, 2.05) is 6.92 Å². The minimum Gasteiger partial charge on any atom is -0.493 e. The monoisotopic (exact) mass is 405 g/mol. The fraction of sp³-hybridized carbons (Fsp3) is 0.263. The fourth-order valence-electron chi connectivity index (χ4n) is 2.05. The summed E-state index contributed by atoms with van der Waals surface area (Å²) in [6, 6.07) is 12.0. The molecule has 0 heterocycles. The summed E-state index contributed by atoms with van der Waals surface area (Å²) in [7, 11) is 0. The van der Waals surface area contributed by atoms with Crippen molar-refractivity contribution in [3.8, 4) is 11.5 Å². The van der Waals surface area contributed by atoms with Crippen LogP contribution in [0.2, 0.25) is 0 Å². The maximum Gasteiger partial charge on any atom is 0.347 e. The van der Waals surface area contributed by atoms with Gasteiger partial charge >= 0.3 is 5.97 Å². The molecular weight excluding hydrogens is 386 g/mol. The number of amides is 1. The average Bonchev–Trinajstić information content (AvgIpc) is 2.62. The van der Waals surface area contributed by atoms with Gasteiger partial charge in [-0.15, -0.1) is 0 Å². The number of carbonyl (C=O) groups excluding carboxylic acids is 2. The van der Waals surface area contributed by atoms with Crippen LogP contribution in [0.5, 0.6) is 11.5 Å². The molecule has 0 radical (unpaired) electrons. The highest BCUT2D eigenvalue weighted by atomic mass is 79.9. The van der Waals surface area contributed by atoms with Crippen LogP contribution in [0.3, 0.4) is 0 Å². The Labute approximate surface area is 155 Å². The highest BCUT2D eigenvalue weighted by molar-refractivity contribution is 9.10. The maximum absolute atomic E-state index is 12.6. The van der Waals surface area contributed by atoms with Crippen LogP contribution in [0.1, 0.15) is 37.0 Å². The van der Waals surface area contributed by atoms with Crippen LogP contribution in [0.15, 0.2) is 46.9 Å². The van der Waals surface area contributed by atoms with Gasteiger partial charge in [0.2, 0.25) is 5.91 Å². The average molecular weight is 406 g/mol. The van der Waals surface area contributed by atoms with Gasteiger partial charge in [-0.05, 0) is 36.8 Å². The van der Waals surface area contributed by atoms with E-state index in [0.717, 1.165) is 10.9 Å². The van der Waals surface area contributed by atoms with E-state index < -0.39 is 5.97 Å². The topological polar surface area (TPSA) is 64.6 Å². The molecule has 0 saturated heterocycles. The smallest absolute Gasteiger partial charge is 0.347 e. The van der Waals surface area contributed by atoms with E-state index in [0.29, 0.717) is 30.0 Å². The molecule has 5 nitrogen and oxygen atoms in total. The molecular formula is C19H20BrNO4. The van der Waals surface area contributed by atoms with Crippen molar-refractivity contribution in [1.82, 2.24) is 0 Å². The van der Waals surface area contributed by atoms with Crippen molar-refractivity contribution in [3.05, 3.63) is 52.5 Å². The van der Waals surface area contributed by atoms with Gasteiger partial charge in [0.05, 0.1) is 12.3 Å². The zero-order valence-electron chi connectivity index (χ0n) is 14.2. The highest BCUT2D eigenvalue weighted by Crippen LogP contribution is 2.28. The van der Waals surface area contributed by atoms with Crippen molar-refractivity contribution < 1.29 is 19.1 Å². The first-order valence-corrected chi connectivity index (χ1v) is 8.87. The third kappa shape index (κ3) is 5.32. The van der Waals surface area contributed by atoms with Crippen LogP contribution < -0.4 is 14.8 Å². The van der Waals surface area contributed by atoms with Crippen LogP contribution in [0, 0.1) is 0 Å². The molecule has 0 bridgehead atoms. The maximum atomic E-state index is 12.6. The second-order valence-electron chi connectivity index (χ2n) is 5.28. The molecule has 2 aromatic rings. The van der Waals surface area contributed by atoms with E-state index in [1.165, 1.54) is 0 Å². The van der Waals surface area contributed by atoms with Crippen molar-refractivity contribution in [3.63, 3.8) is 0 Å². The molecule has 0 unspecified atom stereocenters. The molecule has 1 N–H and O–H groups in total. The quantitative estimate of drug-likeness (QED) is 0.530. The number of rotatable bonds is 7. The van der Waals surface area contributed by atoms with Crippen LogP contribution >= 0.6 is 15.9 Å². The molecule has 25 heavy (non-hydrogen) atoms. The summed E-state index contributed by atoms with van der Waals surface area (Å²) in [5.41, 5.74) is 0.771. The number of benzene rings is 2. The number of para-hydroxylation sites is 2. The number of anilines is 1. The second-order valence-corrected chi connectivity index (χ2v) is 6.19. The number of hydrogen-bond acceptors (Lipinski definition) is 4. The molecule has 0 aliphatic heterocycles. The predicted molar refractivity (Wildman–Crippen MR) is 100 cm³/mol. The minimum atomic E-state index is -0.550. The SMILES string of the molecule is CCCOc1ccc(Br)cc1C(=O)Oc1ccccc1NC(=O)CC. The van der Waals surface area contributed by atoms with E-state index in [2.05, 4.69) is 21.2 Å². The van der Waals surface area contributed by atoms with E-state index in [1.54, 1.807) is 49.4 Å². The van der Waals surface area contributed by atoms with Crippen molar-refractivity contribution >= 4 is 33.5 Å². The summed E-state index contributed by atoms with van der Waals surface area (Å²) >= 11 is 3.35. The Morgan fingerprint density at radius 2 is 1.84 bits per heavy atom. The van der Waals surface area contributed by atoms with Gasteiger partial charge < -0.3 is 14.8 Å². The normalized spacial score (nSPS) is 10.2. The van der Waals surface area contributed by atoms with E-state index >= 15 is 0 Å². The molecule has 6 heteroatoms. The van der Waals surface area contributed by atoms with Gasteiger partial charge in [-0.2, -0.15) is 0 Å². The number of halogens is 1. The number of ether oxygens (including phenoxy) is 2. The first-order chi connectivity index (χ1) is 12.0. The van der Waals surface area contributed by atoms with E-state index in [9.17, 15) is 9.59 Å². The van der Waals surface area contributed by atoms with E-state index in [4.69, 9.17) is 9.47 Å². The van der Waals surface area contributed by atoms with Gasteiger partial charge in [-0.1, -0.05) is 41.9 Å². The molecule has 1 amide bonds. The van der Waals surface area contributed by atoms with Crippen LogP contribution in [-0.2, 0) is 4.79 Å². The summed E-state index contributed by atoms with van der Waals surface area (Å²) < 4.78 is 11.9. The lowest BCUT2D eigenvalue weighted by Gasteiger charge is -2.13. The molecule has 0 spiro atoms. The molecule has 0 aliphatic carbocycles. The highest BCUT2D eigenvalue weighted by Gasteiger charge is 2.17. The first-order valence-electron chi connectivity index (χ1n) is 8.08. The van der Waals surface area contributed by atoms with Crippen molar-refractivity contribution in [2.24, 2.45) is 0 Å². The Hall–Kier alpha value is -2.34. The van der Waals surface area contributed by atoms with E-state index in [-0.39, 0.29) is 11.7 Å². The molecule has 0 aromatic heterocycles. The van der Waals surface area contributed by atoms with Gasteiger partial charge in [0, 0.05) is 10.9 Å². The zero-order chi connectivity index (χ0) is 18.2. The lowest BCUT2D eigenvalue weighted by molar-refractivity contribution is -0.115. The van der Waals surface area contributed by atoms with Gasteiger partial charge in [-0.25, -0.2) is 4.79 Å². The first kappa shape index (κ1) is 19.0. The summed E-state index contributed by atoms with van der Waals surface area (Å²) in [4.78, 5) is 24.3. The molecule has 0 aliphatic rings. The van der Waals surface area contributed by atoms with Crippen molar-refractivity contribution in [2.75, 3.05) is 11.9 Å². The lowest BCUT2D eigenvalue weighted by Crippen LogP contribution is -2.14. The Morgan fingerprint density at radius 1 is 1.08 bits per heavy atom. The molecule has 132 valence electrons. The number of hydrogen-bond donors (Lipinski definition) is 1. The molecule has 0 fully saturated rings. The molecule has 2 rings (SSSR count). The third-order valence-corrected chi connectivity index (χ3v) is 3.80. The van der Waals surface area contributed by atoms with Gasteiger partial charge in [0.15, 0.2) is 5.75 Å². The number of nitrogens with one attached hydrogen (secondary N) is 1. The largest absolute Gasteiger partial charge is 0.493 e. The molecule has 2 aromatic carbocycles. The van der Waals surface area contributed by atoms with Crippen molar-refractivity contribution in [1.29, 1.82) is 0 Å². The van der Waals surface area contributed by atoms with Crippen LogP contribution in [0.4, 0.5) is 5.69 Å². The third-order valence-electron chi connectivity index (χ3n) is 3.31. The second kappa shape index (κ2) is 9.22. The Bertz CT molecular complexity index is 761. The van der Waals surface area contributed by atoms with Gasteiger partial charge in [-0.3, -0.25) is 4.79 Å².